The van der Waals surface area contributed by atoms with E-state index in [1.165, 1.54) is 32.4 Å². The molecule has 4 atom stereocenters. The van der Waals surface area contributed by atoms with Gasteiger partial charge in [-0.1, -0.05) is 11.6 Å². The van der Waals surface area contributed by atoms with E-state index in [-0.39, 0.29) is 45.7 Å². The summed E-state index contributed by atoms with van der Waals surface area (Å²) in [6.07, 6.45) is 3.17. The Bertz CT molecular complexity index is 1350. The summed E-state index contributed by atoms with van der Waals surface area (Å²) >= 11 is 3.16. The predicted molar refractivity (Wildman–Crippen MR) is 127 cm³/mol. The first kappa shape index (κ1) is 24.0. The number of fused-ring (bicyclic) bond motifs is 3. The van der Waals surface area contributed by atoms with Crippen LogP contribution in [0.1, 0.15) is 24.3 Å². The Balaban J connectivity index is 1.77. The van der Waals surface area contributed by atoms with E-state index in [0.717, 1.165) is 0 Å². The first-order valence-electron chi connectivity index (χ1n) is 11.1. The number of aromatic hydroxyl groups is 1. The summed E-state index contributed by atoms with van der Waals surface area (Å²) in [5.41, 5.74) is 6.78. The molecule has 0 spiro atoms. The minimum absolute atomic E-state index is 0.0285. The highest BCUT2D eigenvalue weighted by Crippen LogP contribution is 2.58. The number of urea groups is 1. The maximum atomic E-state index is 13.3. The number of carbonyl (C=O) groups excluding carboxylic acids is 5. The molecule has 11 heteroatoms. The first-order chi connectivity index (χ1) is 17.1. The normalized spacial score (nSPS) is 27.2. The number of likely N-dealkylation sites (tertiary alicyclic amines) is 1. The van der Waals surface area contributed by atoms with E-state index in [4.69, 9.17) is 15.2 Å². The van der Waals surface area contributed by atoms with Gasteiger partial charge >= 0.3 is 6.03 Å². The summed E-state index contributed by atoms with van der Waals surface area (Å²) in [6, 6.07) is 1.59. The number of amides is 4. The van der Waals surface area contributed by atoms with Crippen molar-refractivity contribution < 1.29 is 38.6 Å². The molecular weight excluding hydrogens is 536 g/mol. The first-order valence-corrected chi connectivity index (χ1v) is 11.9. The molecule has 36 heavy (non-hydrogen) atoms. The second-order valence-corrected chi connectivity index (χ2v) is 9.86. The molecule has 1 saturated heterocycles. The Morgan fingerprint density at radius 3 is 2.31 bits per heavy atom. The number of rotatable bonds is 3. The molecule has 1 aromatic carbocycles. The number of primary amides is 1. The van der Waals surface area contributed by atoms with Crippen LogP contribution in [0.5, 0.6) is 17.2 Å². The van der Waals surface area contributed by atoms with Gasteiger partial charge in [0.1, 0.15) is 17.2 Å². The second kappa shape index (κ2) is 8.44. The van der Waals surface area contributed by atoms with Crippen LogP contribution in [-0.4, -0.2) is 53.6 Å². The summed E-state index contributed by atoms with van der Waals surface area (Å²) in [5, 5.41) is 10.2. The van der Waals surface area contributed by atoms with Crippen molar-refractivity contribution in [3.8, 4) is 17.2 Å². The van der Waals surface area contributed by atoms with Crippen molar-refractivity contribution in [1.29, 1.82) is 0 Å². The second-order valence-electron chi connectivity index (χ2n) is 9.01. The van der Waals surface area contributed by atoms with Gasteiger partial charge in [-0.3, -0.25) is 19.2 Å². The lowest BCUT2D eigenvalue weighted by Gasteiger charge is -2.42. The monoisotopic (exact) mass is 556 g/mol. The van der Waals surface area contributed by atoms with Gasteiger partial charge < -0.3 is 20.3 Å². The third-order valence-corrected chi connectivity index (χ3v) is 7.96. The molecule has 0 aromatic heterocycles. The molecule has 0 saturated carbocycles. The lowest BCUT2D eigenvalue weighted by molar-refractivity contribution is -0.136. The van der Waals surface area contributed by atoms with E-state index in [1.54, 1.807) is 6.08 Å². The van der Waals surface area contributed by atoms with Gasteiger partial charge in [0, 0.05) is 40.8 Å². The van der Waals surface area contributed by atoms with Gasteiger partial charge in [-0.2, -0.15) is 4.90 Å². The van der Waals surface area contributed by atoms with Crippen LogP contribution in [0.4, 0.5) is 4.79 Å². The van der Waals surface area contributed by atoms with Crippen LogP contribution >= 0.6 is 15.9 Å². The molecular formula is C25H21BrN2O8. The molecule has 10 nitrogen and oxygen atoms in total. The van der Waals surface area contributed by atoms with Crippen LogP contribution in [-0.2, 0) is 19.2 Å². The molecule has 4 amide bonds. The van der Waals surface area contributed by atoms with Gasteiger partial charge in [0.2, 0.25) is 11.8 Å². The largest absolute Gasteiger partial charge is 0.508 e. The number of Topliss-reactive ketones (excluding diaryl/α,β-unsaturated/α-hetero) is 1. The minimum atomic E-state index is -1.15. The Kier molecular flexibility index (Phi) is 5.62. The summed E-state index contributed by atoms with van der Waals surface area (Å²) in [7, 11) is 2.79. The van der Waals surface area contributed by atoms with Crippen LogP contribution in [0.2, 0.25) is 0 Å². The number of benzene rings is 1. The lowest BCUT2D eigenvalue weighted by atomic mass is 9.59. The van der Waals surface area contributed by atoms with Gasteiger partial charge in [-0.25, -0.2) is 4.79 Å². The molecule has 1 aliphatic heterocycles. The van der Waals surface area contributed by atoms with Gasteiger partial charge in [-0.05, 0) is 34.7 Å². The molecule has 5 rings (SSSR count). The number of allylic oxidation sites excluding steroid dienone is 6. The van der Waals surface area contributed by atoms with Gasteiger partial charge in [0.25, 0.3) is 0 Å². The Morgan fingerprint density at radius 1 is 1.08 bits per heavy atom. The van der Waals surface area contributed by atoms with Crippen molar-refractivity contribution in [3.05, 3.63) is 51.0 Å². The van der Waals surface area contributed by atoms with Gasteiger partial charge in [0.15, 0.2) is 11.6 Å². The van der Waals surface area contributed by atoms with Crippen LogP contribution in [0.3, 0.4) is 0 Å². The minimum Gasteiger partial charge on any atom is -0.508 e. The van der Waals surface area contributed by atoms with Crippen molar-refractivity contribution in [1.82, 2.24) is 4.90 Å². The van der Waals surface area contributed by atoms with Gasteiger partial charge in [0.05, 0.1) is 30.5 Å². The van der Waals surface area contributed by atoms with Crippen molar-refractivity contribution in [2.24, 2.45) is 23.5 Å². The number of imide groups is 3. The zero-order chi connectivity index (χ0) is 26.0. The maximum absolute atomic E-state index is 13.3. The maximum Gasteiger partial charge on any atom is 0.328 e. The van der Waals surface area contributed by atoms with Crippen LogP contribution in [0.15, 0.2) is 45.5 Å². The van der Waals surface area contributed by atoms with Gasteiger partial charge in [-0.15, -0.1) is 0 Å². The number of hydrogen-bond donors (Lipinski definition) is 2. The Morgan fingerprint density at radius 2 is 1.72 bits per heavy atom. The van der Waals surface area contributed by atoms with E-state index < -0.39 is 53.1 Å². The molecule has 0 radical (unpaired) electrons. The van der Waals surface area contributed by atoms with Crippen molar-refractivity contribution in [3.63, 3.8) is 0 Å². The zero-order valence-corrected chi connectivity index (χ0v) is 20.8. The number of phenols is 1. The van der Waals surface area contributed by atoms with Crippen molar-refractivity contribution >= 4 is 45.3 Å². The molecule has 3 aliphatic carbocycles. The van der Waals surface area contributed by atoms with E-state index in [1.807, 2.05) is 0 Å². The number of ketones is 2. The third kappa shape index (κ3) is 3.25. The summed E-state index contributed by atoms with van der Waals surface area (Å²) in [4.78, 5) is 65.1. The molecule has 186 valence electrons. The third-order valence-electron chi connectivity index (χ3n) is 7.37. The molecule has 1 fully saturated rings. The Labute approximate surface area is 213 Å². The number of phenolic OH excluding ortho intramolecular Hbond substituents is 1. The number of nitrogens with two attached hydrogens (primary N) is 1. The zero-order valence-electron chi connectivity index (χ0n) is 19.2. The lowest BCUT2D eigenvalue weighted by Crippen LogP contribution is -2.42. The smallest absolute Gasteiger partial charge is 0.328 e. The number of carbonyl (C=O) groups is 5. The van der Waals surface area contributed by atoms with Crippen LogP contribution in [0, 0.1) is 17.8 Å². The molecule has 4 aliphatic rings. The molecule has 3 N–H and O–H groups in total. The average molecular weight is 557 g/mol. The van der Waals surface area contributed by atoms with Crippen LogP contribution < -0.4 is 15.2 Å². The highest BCUT2D eigenvalue weighted by Gasteiger charge is 2.58. The molecule has 1 heterocycles. The predicted octanol–water partition coefficient (Wildman–Crippen LogP) is 2.25. The fourth-order valence-electron chi connectivity index (χ4n) is 5.96. The number of halogens is 1. The van der Waals surface area contributed by atoms with Crippen molar-refractivity contribution in [2.75, 3.05) is 14.2 Å². The summed E-state index contributed by atoms with van der Waals surface area (Å²) < 4.78 is 11.2. The molecule has 4 unspecified atom stereocenters. The number of methoxy groups -OCH3 is 2. The number of ether oxygens (including phenoxy) is 2. The van der Waals surface area contributed by atoms with E-state index >= 15 is 0 Å². The van der Waals surface area contributed by atoms with E-state index in [9.17, 15) is 29.1 Å². The Hall–Kier alpha value is -3.73. The fourth-order valence-corrected chi connectivity index (χ4v) is 6.41. The quantitative estimate of drug-likeness (QED) is 0.326. The highest BCUT2D eigenvalue weighted by atomic mass is 79.9. The molecule has 1 aromatic rings. The topological polar surface area (TPSA) is 153 Å². The van der Waals surface area contributed by atoms with Crippen molar-refractivity contribution in [2.45, 2.75) is 18.8 Å². The molecule has 0 bridgehead atoms. The highest BCUT2D eigenvalue weighted by molar-refractivity contribution is 9.12. The van der Waals surface area contributed by atoms with E-state index in [2.05, 4.69) is 15.9 Å². The fraction of sp³-hybridized carbons (Fsp3) is 0.320. The number of hydrogen-bond acceptors (Lipinski definition) is 8. The summed E-state index contributed by atoms with van der Waals surface area (Å²) in [5.74, 6) is -5.14. The average Bonchev–Trinajstić information content (AvgIpc) is 3.10. The van der Waals surface area contributed by atoms with E-state index in [0.29, 0.717) is 16.0 Å². The SMILES string of the molecule is COc1cc(O)cc(OC)c1C1C2=CCC3C(=O)N(C(N)=O)C(=O)C3C2CC2=C1C(=O)C=C(Br)C2=O. The number of nitrogens with zero attached hydrogens (tertiary/aromatic N) is 1. The van der Waals surface area contributed by atoms with Crippen LogP contribution in [0.25, 0.3) is 0 Å². The summed E-state index contributed by atoms with van der Waals surface area (Å²) in [6.45, 7) is 0. The standard InChI is InChI=1S/C25H21BrN2O8/c1-35-16-5-9(29)6-17(36-2)21(16)20-10-3-4-11-18(24(33)28(23(11)32)25(27)34)12(10)7-13-19(20)15(30)8-14(26)22(13)31/h3,5-6,8,11-12,18,20,29H,4,7H2,1-2H3,(H2,27,34).